The van der Waals surface area contributed by atoms with Crippen LogP contribution in [0.3, 0.4) is 0 Å². The fraction of sp³-hybridized carbons (Fsp3) is 0.429. The number of aromatic nitrogens is 2. The molecular weight excluding hydrogens is 290 g/mol. The van der Waals surface area contributed by atoms with Crippen LogP contribution < -0.4 is 5.32 Å². The van der Waals surface area contributed by atoms with Gasteiger partial charge >= 0.3 is 6.09 Å². The SMILES string of the molecule is COC(=O)Nc1nc2ccc(S(=O)C3CCCC3)cc2[nH]1. The summed E-state index contributed by atoms with van der Waals surface area (Å²) in [6, 6.07) is 5.51. The number of nitrogens with zero attached hydrogens (tertiary/aromatic N) is 1. The molecule has 21 heavy (non-hydrogen) atoms. The van der Waals surface area contributed by atoms with Crippen LogP contribution in [0.2, 0.25) is 0 Å². The van der Waals surface area contributed by atoms with E-state index in [4.69, 9.17) is 0 Å². The van der Waals surface area contributed by atoms with Crippen LogP contribution in [-0.2, 0) is 15.5 Å². The molecule has 1 atom stereocenters. The fourth-order valence-electron chi connectivity index (χ4n) is 2.62. The molecule has 1 aliphatic carbocycles. The Morgan fingerprint density at radius 3 is 2.90 bits per heavy atom. The number of fused-ring (bicyclic) bond motifs is 1. The second kappa shape index (κ2) is 5.85. The second-order valence-electron chi connectivity index (χ2n) is 5.08. The molecule has 1 fully saturated rings. The molecule has 0 radical (unpaired) electrons. The Bertz CT molecular complexity index is 692. The van der Waals surface area contributed by atoms with Crippen molar-refractivity contribution in [3.63, 3.8) is 0 Å². The van der Waals surface area contributed by atoms with Gasteiger partial charge in [0.1, 0.15) is 0 Å². The van der Waals surface area contributed by atoms with Crippen LogP contribution in [0.25, 0.3) is 11.0 Å². The Balaban J connectivity index is 1.85. The third kappa shape index (κ3) is 2.92. The molecule has 1 saturated carbocycles. The number of amides is 1. The van der Waals surface area contributed by atoms with Gasteiger partial charge in [0.2, 0.25) is 5.95 Å². The highest BCUT2D eigenvalue weighted by atomic mass is 32.2. The van der Waals surface area contributed by atoms with Crippen molar-refractivity contribution in [3.05, 3.63) is 18.2 Å². The number of hydrogen-bond donors (Lipinski definition) is 2. The number of benzene rings is 1. The maximum atomic E-state index is 12.5. The normalized spacial score (nSPS) is 17.0. The molecule has 1 amide bonds. The Hall–Kier alpha value is -1.89. The molecule has 3 rings (SSSR count). The summed E-state index contributed by atoms with van der Waals surface area (Å²) in [6.45, 7) is 0. The largest absolute Gasteiger partial charge is 0.453 e. The van der Waals surface area contributed by atoms with Gasteiger partial charge in [-0.2, -0.15) is 0 Å². The van der Waals surface area contributed by atoms with Gasteiger partial charge in [-0.3, -0.25) is 9.53 Å². The first-order valence-electron chi connectivity index (χ1n) is 6.92. The zero-order valence-electron chi connectivity index (χ0n) is 11.7. The molecule has 1 aromatic carbocycles. The van der Waals surface area contributed by atoms with Crippen LogP contribution in [0.5, 0.6) is 0 Å². The summed E-state index contributed by atoms with van der Waals surface area (Å²) in [7, 11) is 0.315. The predicted octanol–water partition coefficient (Wildman–Crippen LogP) is 2.79. The number of rotatable bonds is 3. The van der Waals surface area contributed by atoms with Gasteiger partial charge in [0.05, 0.1) is 28.9 Å². The molecule has 1 aliphatic rings. The monoisotopic (exact) mass is 307 g/mol. The first-order valence-corrected chi connectivity index (χ1v) is 8.14. The van der Waals surface area contributed by atoms with Gasteiger partial charge in [0.15, 0.2) is 0 Å². The van der Waals surface area contributed by atoms with Crippen LogP contribution in [-0.4, -0.2) is 32.6 Å². The molecular formula is C14H17N3O3S. The number of aromatic amines is 1. The van der Waals surface area contributed by atoms with Gasteiger partial charge in [0.25, 0.3) is 0 Å². The maximum absolute atomic E-state index is 12.5. The molecule has 2 N–H and O–H groups in total. The van der Waals surface area contributed by atoms with Crippen LogP contribution in [0.15, 0.2) is 23.1 Å². The minimum absolute atomic E-state index is 0.262. The summed E-state index contributed by atoms with van der Waals surface area (Å²) < 4.78 is 17.0. The van der Waals surface area contributed by atoms with E-state index in [1.54, 1.807) is 0 Å². The molecule has 2 aromatic rings. The smallest absolute Gasteiger partial charge is 0.413 e. The first kappa shape index (κ1) is 14.1. The van der Waals surface area contributed by atoms with Crippen molar-refractivity contribution in [1.82, 2.24) is 9.97 Å². The predicted molar refractivity (Wildman–Crippen MR) is 80.8 cm³/mol. The quantitative estimate of drug-likeness (QED) is 0.913. The summed E-state index contributed by atoms with van der Waals surface area (Å²) in [6.07, 6.45) is 3.81. The van der Waals surface area contributed by atoms with Crippen molar-refractivity contribution in [2.45, 2.75) is 35.8 Å². The third-order valence-corrected chi connectivity index (χ3v) is 5.49. The minimum atomic E-state index is -0.978. The molecule has 0 spiro atoms. The number of H-pyrrole nitrogens is 1. The molecule has 7 heteroatoms. The van der Waals surface area contributed by atoms with Crippen molar-refractivity contribution < 1.29 is 13.7 Å². The van der Waals surface area contributed by atoms with Crippen molar-refractivity contribution in [1.29, 1.82) is 0 Å². The van der Waals surface area contributed by atoms with E-state index in [0.29, 0.717) is 11.5 Å². The topological polar surface area (TPSA) is 84.1 Å². The lowest BCUT2D eigenvalue weighted by Gasteiger charge is -2.08. The Labute approximate surface area is 124 Å². The third-order valence-electron chi connectivity index (χ3n) is 3.70. The summed E-state index contributed by atoms with van der Waals surface area (Å²) in [5.41, 5.74) is 1.47. The van der Waals surface area contributed by atoms with E-state index in [1.165, 1.54) is 7.11 Å². The van der Waals surface area contributed by atoms with E-state index in [-0.39, 0.29) is 5.25 Å². The number of nitrogens with one attached hydrogen (secondary N) is 2. The Kier molecular flexibility index (Phi) is 3.92. The van der Waals surface area contributed by atoms with Crippen molar-refractivity contribution >= 4 is 33.9 Å². The zero-order valence-corrected chi connectivity index (χ0v) is 12.5. The molecule has 0 aliphatic heterocycles. The van der Waals surface area contributed by atoms with Crippen molar-refractivity contribution in [2.24, 2.45) is 0 Å². The number of hydrogen-bond acceptors (Lipinski definition) is 4. The van der Waals surface area contributed by atoms with Crippen LogP contribution in [0.1, 0.15) is 25.7 Å². The van der Waals surface area contributed by atoms with E-state index >= 15 is 0 Å². The Morgan fingerprint density at radius 1 is 1.43 bits per heavy atom. The Morgan fingerprint density at radius 2 is 2.19 bits per heavy atom. The van der Waals surface area contributed by atoms with E-state index in [2.05, 4.69) is 20.0 Å². The van der Waals surface area contributed by atoms with Gasteiger partial charge in [0, 0.05) is 10.1 Å². The summed E-state index contributed by atoms with van der Waals surface area (Å²) >= 11 is 0. The lowest BCUT2D eigenvalue weighted by molar-refractivity contribution is 0.186. The number of ether oxygens (including phenoxy) is 1. The van der Waals surface area contributed by atoms with Crippen molar-refractivity contribution in [2.75, 3.05) is 12.4 Å². The van der Waals surface area contributed by atoms with E-state index in [1.807, 2.05) is 18.2 Å². The highest BCUT2D eigenvalue weighted by Crippen LogP contribution is 2.28. The second-order valence-corrected chi connectivity index (χ2v) is 6.82. The molecule has 1 unspecified atom stereocenters. The van der Waals surface area contributed by atoms with Gasteiger partial charge in [-0.05, 0) is 31.0 Å². The van der Waals surface area contributed by atoms with Gasteiger partial charge < -0.3 is 9.72 Å². The minimum Gasteiger partial charge on any atom is -0.453 e. The molecule has 112 valence electrons. The van der Waals surface area contributed by atoms with Crippen molar-refractivity contribution in [3.8, 4) is 0 Å². The summed E-state index contributed by atoms with van der Waals surface area (Å²) in [5.74, 6) is 0.320. The van der Waals surface area contributed by atoms with Gasteiger partial charge in [-0.25, -0.2) is 9.78 Å². The van der Waals surface area contributed by atoms with Gasteiger partial charge in [-0.15, -0.1) is 0 Å². The lowest BCUT2D eigenvalue weighted by Crippen LogP contribution is -2.11. The number of carbonyl (C=O) groups is 1. The highest BCUT2D eigenvalue weighted by Gasteiger charge is 2.23. The standard InChI is InChI=1S/C14H17N3O3S/c1-20-14(18)17-13-15-11-7-6-10(8-12(11)16-13)21(19)9-4-2-3-5-9/h6-9H,2-5H2,1H3,(H2,15,16,17,18). The average molecular weight is 307 g/mol. The van der Waals surface area contributed by atoms with Crippen LogP contribution in [0, 0.1) is 0 Å². The average Bonchev–Trinajstić information content (AvgIpc) is 3.14. The number of methoxy groups -OCH3 is 1. The maximum Gasteiger partial charge on any atom is 0.413 e. The molecule has 1 aromatic heterocycles. The highest BCUT2D eigenvalue weighted by molar-refractivity contribution is 7.85. The van der Waals surface area contributed by atoms with Crippen LogP contribution >= 0.6 is 0 Å². The van der Waals surface area contributed by atoms with E-state index in [9.17, 15) is 9.00 Å². The van der Waals surface area contributed by atoms with E-state index in [0.717, 1.165) is 36.1 Å². The first-order chi connectivity index (χ1) is 10.2. The molecule has 0 saturated heterocycles. The summed E-state index contributed by atoms with van der Waals surface area (Å²) in [5, 5.41) is 2.74. The number of anilines is 1. The van der Waals surface area contributed by atoms with Crippen LogP contribution in [0.4, 0.5) is 10.7 Å². The molecule has 6 nitrogen and oxygen atoms in total. The lowest BCUT2D eigenvalue weighted by atomic mass is 10.3. The zero-order chi connectivity index (χ0) is 14.8. The molecule has 0 bridgehead atoms. The van der Waals surface area contributed by atoms with Gasteiger partial charge in [-0.1, -0.05) is 12.8 Å². The number of carbonyl (C=O) groups excluding carboxylic acids is 1. The number of imidazole rings is 1. The summed E-state index contributed by atoms with van der Waals surface area (Å²) in [4.78, 5) is 19.2. The fourth-order valence-corrected chi connectivity index (χ4v) is 4.20. The molecule has 1 heterocycles. The van der Waals surface area contributed by atoms with E-state index < -0.39 is 16.9 Å².